The van der Waals surface area contributed by atoms with Gasteiger partial charge in [0, 0.05) is 29.2 Å². The first-order chi connectivity index (χ1) is 13.2. The third kappa shape index (κ3) is 4.61. The van der Waals surface area contributed by atoms with Crippen LogP contribution in [-0.2, 0) is 6.42 Å². The molecule has 0 fully saturated rings. The number of carbonyl (C=O) groups is 1. The Bertz CT molecular complexity index is 901. The minimum Gasteiger partial charge on any atom is -0.493 e. The van der Waals surface area contributed by atoms with Crippen molar-refractivity contribution in [3.05, 3.63) is 59.8 Å². The normalized spacial score (nSPS) is 10.7. The largest absolute Gasteiger partial charge is 0.493 e. The van der Waals surface area contributed by atoms with Crippen molar-refractivity contribution in [2.45, 2.75) is 26.2 Å². The number of benzene rings is 2. The molecule has 1 aromatic heterocycles. The maximum atomic E-state index is 12.5. The quantitative estimate of drug-likeness (QED) is 0.554. The number of amides is 1. The molecule has 0 bridgehead atoms. The predicted molar refractivity (Wildman–Crippen MR) is 108 cm³/mol. The van der Waals surface area contributed by atoms with Crippen molar-refractivity contribution in [3.8, 4) is 11.5 Å². The third-order valence-electron chi connectivity index (χ3n) is 4.54. The smallest absolute Gasteiger partial charge is 0.251 e. The molecule has 1 heterocycles. The van der Waals surface area contributed by atoms with Crippen molar-refractivity contribution >= 4 is 16.8 Å². The lowest BCUT2D eigenvalue weighted by Crippen LogP contribution is -2.25. The molecule has 2 aromatic carbocycles. The summed E-state index contributed by atoms with van der Waals surface area (Å²) in [5.74, 6) is 1.13. The van der Waals surface area contributed by atoms with Gasteiger partial charge in [0.05, 0.1) is 13.7 Å². The highest BCUT2D eigenvalue weighted by Gasteiger charge is 2.11. The molecule has 1 amide bonds. The first-order valence-electron chi connectivity index (χ1n) is 9.37. The molecule has 3 aromatic rings. The van der Waals surface area contributed by atoms with Crippen LogP contribution in [0.15, 0.2) is 48.7 Å². The molecule has 0 saturated carbocycles. The number of ether oxygens (including phenoxy) is 2. The van der Waals surface area contributed by atoms with Crippen LogP contribution in [0.4, 0.5) is 0 Å². The van der Waals surface area contributed by atoms with Crippen LogP contribution >= 0.6 is 0 Å². The van der Waals surface area contributed by atoms with Crippen LogP contribution in [0.25, 0.3) is 10.9 Å². The number of hydrogen-bond acceptors (Lipinski definition) is 3. The Hall–Kier alpha value is -2.95. The van der Waals surface area contributed by atoms with E-state index in [-0.39, 0.29) is 5.91 Å². The fourth-order valence-corrected chi connectivity index (χ4v) is 3.01. The predicted octanol–water partition coefficient (Wildman–Crippen LogP) is 4.33. The van der Waals surface area contributed by atoms with Crippen molar-refractivity contribution < 1.29 is 14.3 Å². The van der Waals surface area contributed by atoms with E-state index < -0.39 is 0 Å². The van der Waals surface area contributed by atoms with Gasteiger partial charge in [0.1, 0.15) is 0 Å². The van der Waals surface area contributed by atoms with E-state index >= 15 is 0 Å². The summed E-state index contributed by atoms with van der Waals surface area (Å²) in [7, 11) is 1.58. The van der Waals surface area contributed by atoms with E-state index in [1.807, 2.05) is 24.4 Å². The van der Waals surface area contributed by atoms with Gasteiger partial charge in [-0.25, -0.2) is 0 Å². The molecule has 3 rings (SSSR count). The molecule has 0 unspecified atom stereocenters. The van der Waals surface area contributed by atoms with Gasteiger partial charge in [-0.05, 0) is 42.7 Å². The number of nitrogens with one attached hydrogen (secondary N) is 2. The number of para-hydroxylation sites is 1. The maximum absolute atomic E-state index is 12.5. The van der Waals surface area contributed by atoms with Gasteiger partial charge in [0.15, 0.2) is 11.5 Å². The van der Waals surface area contributed by atoms with Crippen molar-refractivity contribution in [1.82, 2.24) is 10.3 Å². The second-order valence-corrected chi connectivity index (χ2v) is 6.43. The Morgan fingerprint density at radius 2 is 2.00 bits per heavy atom. The van der Waals surface area contributed by atoms with Gasteiger partial charge in [0.25, 0.3) is 5.91 Å². The zero-order valence-corrected chi connectivity index (χ0v) is 15.9. The van der Waals surface area contributed by atoms with E-state index in [0.717, 1.165) is 24.8 Å². The Morgan fingerprint density at radius 1 is 1.15 bits per heavy atom. The van der Waals surface area contributed by atoms with E-state index in [1.54, 1.807) is 25.3 Å². The average Bonchev–Trinajstić information content (AvgIpc) is 3.11. The molecule has 2 N–H and O–H groups in total. The van der Waals surface area contributed by atoms with Crippen LogP contribution in [0.3, 0.4) is 0 Å². The number of carbonyl (C=O) groups excluding carboxylic acids is 1. The Kier molecular flexibility index (Phi) is 6.36. The van der Waals surface area contributed by atoms with Gasteiger partial charge in [-0.1, -0.05) is 31.5 Å². The van der Waals surface area contributed by atoms with Crippen molar-refractivity contribution in [1.29, 1.82) is 0 Å². The molecule has 0 aliphatic rings. The minimum atomic E-state index is -0.117. The van der Waals surface area contributed by atoms with E-state index in [0.29, 0.717) is 30.2 Å². The number of aromatic nitrogens is 1. The number of methoxy groups -OCH3 is 1. The molecule has 0 radical (unpaired) electrons. The van der Waals surface area contributed by atoms with Gasteiger partial charge in [0.2, 0.25) is 0 Å². The molecule has 0 atom stereocenters. The molecular formula is C22H26N2O3. The number of H-pyrrole nitrogens is 1. The zero-order valence-electron chi connectivity index (χ0n) is 15.9. The zero-order chi connectivity index (χ0) is 19.1. The number of hydrogen-bond donors (Lipinski definition) is 2. The minimum absolute atomic E-state index is 0.117. The Labute approximate surface area is 159 Å². The molecule has 0 aliphatic heterocycles. The molecule has 5 heteroatoms. The SMILES string of the molecule is CCCCOc1ccc(C(=O)NCCc2c[nH]c3ccccc23)cc1OC. The lowest BCUT2D eigenvalue weighted by molar-refractivity contribution is 0.0953. The van der Waals surface area contributed by atoms with Crippen LogP contribution in [0, 0.1) is 0 Å². The summed E-state index contributed by atoms with van der Waals surface area (Å²) >= 11 is 0. The lowest BCUT2D eigenvalue weighted by Gasteiger charge is -2.12. The topological polar surface area (TPSA) is 63.3 Å². The molecule has 142 valence electrons. The third-order valence-corrected chi connectivity index (χ3v) is 4.54. The van der Waals surface area contributed by atoms with Crippen molar-refractivity contribution in [2.24, 2.45) is 0 Å². The summed E-state index contributed by atoms with van der Waals surface area (Å²) in [5.41, 5.74) is 2.87. The molecular weight excluding hydrogens is 340 g/mol. The van der Waals surface area contributed by atoms with Crippen LogP contribution in [0.5, 0.6) is 11.5 Å². The fraction of sp³-hybridized carbons (Fsp3) is 0.318. The average molecular weight is 366 g/mol. The maximum Gasteiger partial charge on any atom is 0.251 e. The molecule has 0 spiro atoms. The molecule has 5 nitrogen and oxygen atoms in total. The second-order valence-electron chi connectivity index (χ2n) is 6.43. The Morgan fingerprint density at radius 3 is 2.81 bits per heavy atom. The monoisotopic (exact) mass is 366 g/mol. The Balaban J connectivity index is 1.59. The van der Waals surface area contributed by atoms with Crippen LogP contribution < -0.4 is 14.8 Å². The van der Waals surface area contributed by atoms with Gasteiger partial charge < -0.3 is 19.8 Å². The molecule has 0 saturated heterocycles. The van der Waals surface area contributed by atoms with E-state index in [2.05, 4.69) is 23.3 Å². The van der Waals surface area contributed by atoms with Crippen molar-refractivity contribution in [3.63, 3.8) is 0 Å². The summed E-state index contributed by atoms with van der Waals surface area (Å²) < 4.78 is 11.1. The number of unbranched alkanes of at least 4 members (excludes halogenated alkanes) is 1. The summed E-state index contributed by atoms with van der Waals surface area (Å²) in [5, 5.41) is 4.17. The first-order valence-corrected chi connectivity index (χ1v) is 9.37. The second kappa shape index (κ2) is 9.12. The van der Waals surface area contributed by atoms with Gasteiger partial charge in [-0.3, -0.25) is 4.79 Å². The number of rotatable bonds is 9. The summed E-state index contributed by atoms with van der Waals surface area (Å²) in [6.07, 6.45) is 4.83. The highest BCUT2D eigenvalue weighted by Crippen LogP contribution is 2.28. The van der Waals surface area contributed by atoms with Crippen LogP contribution in [-0.4, -0.2) is 31.2 Å². The highest BCUT2D eigenvalue weighted by atomic mass is 16.5. The van der Waals surface area contributed by atoms with E-state index in [4.69, 9.17) is 9.47 Å². The molecule has 0 aliphatic carbocycles. The standard InChI is InChI=1S/C22H26N2O3/c1-3-4-13-27-20-10-9-16(14-21(20)26-2)22(25)23-12-11-17-15-24-19-8-6-5-7-18(17)19/h5-10,14-15,24H,3-4,11-13H2,1-2H3,(H,23,25). The van der Waals surface area contributed by atoms with Gasteiger partial charge in [-0.2, -0.15) is 0 Å². The van der Waals surface area contributed by atoms with E-state index in [1.165, 1.54) is 10.9 Å². The van der Waals surface area contributed by atoms with Crippen LogP contribution in [0.2, 0.25) is 0 Å². The van der Waals surface area contributed by atoms with Crippen LogP contribution in [0.1, 0.15) is 35.7 Å². The van der Waals surface area contributed by atoms with Gasteiger partial charge in [-0.15, -0.1) is 0 Å². The fourth-order valence-electron chi connectivity index (χ4n) is 3.01. The molecule has 27 heavy (non-hydrogen) atoms. The van der Waals surface area contributed by atoms with E-state index in [9.17, 15) is 4.79 Å². The number of aromatic amines is 1. The highest BCUT2D eigenvalue weighted by molar-refractivity contribution is 5.95. The summed E-state index contributed by atoms with van der Waals surface area (Å²) in [4.78, 5) is 15.7. The summed E-state index contributed by atoms with van der Waals surface area (Å²) in [6, 6.07) is 13.5. The first kappa shape index (κ1) is 18.8. The number of fused-ring (bicyclic) bond motifs is 1. The lowest BCUT2D eigenvalue weighted by atomic mass is 10.1. The summed E-state index contributed by atoms with van der Waals surface area (Å²) in [6.45, 7) is 3.32. The van der Waals surface area contributed by atoms with Gasteiger partial charge >= 0.3 is 0 Å². The van der Waals surface area contributed by atoms with Crippen molar-refractivity contribution in [2.75, 3.05) is 20.3 Å².